The minimum absolute atomic E-state index is 0.224. The number of allylic oxidation sites excluding steroid dienone is 1. The fraction of sp³-hybridized carbons (Fsp3) is 0.467. The van der Waals surface area contributed by atoms with Crippen molar-refractivity contribution in [1.29, 1.82) is 0 Å². The second kappa shape index (κ2) is 14.9. The number of hydrogen-bond donors (Lipinski definition) is 5. The first-order valence-corrected chi connectivity index (χ1v) is 13.5. The molecule has 1 fully saturated rings. The van der Waals surface area contributed by atoms with Gasteiger partial charge >= 0.3 is 0 Å². The van der Waals surface area contributed by atoms with Gasteiger partial charge in [-0.2, -0.15) is 0 Å². The first-order valence-electron chi connectivity index (χ1n) is 13.5. The van der Waals surface area contributed by atoms with Gasteiger partial charge in [0.25, 0.3) is 0 Å². The highest BCUT2D eigenvalue weighted by molar-refractivity contribution is 5.37. The zero-order chi connectivity index (χ0) is 27.5. The lowest BCUT2D eigenvalue weighted by Crippen LogP contribution is -2.37. The molecule has 0 saturated carbocycles. The highest BCUT2D eigenvalue weighted by Crippen LogP contribution is 2.23. The molecule has 0 spiro atoms. The molecule has 0 aromatic heterocycles. The first-order chi connectivity index (χ1) is 18.3. The molecule has 0 atom stereocenters. The largest absolute Gasteiger partial charge is 0.508 e. The lowest BCUT2D eigenvalue weighted by Gasteiger charge is -2.26. The highest BCUT2D eigenvalue weighted by atomic mass is 16.3. The summed E-state index contributed by atoms with van der Waals surface area (Å²) in [6.45, 7) is 13.6. The van der Waals surface area contributed by atoms with Crippen molar-refractivity contribution in [3.8, 4) is 11.5 Å². The third-order valence-corrected chi connectivity index (χ3v) is 7.23. The summed E-state index contributed by atoms with van der Waals surface area (Å²) in [5, 5.41) is 31.3. The van der Waals surface area contributed by atoms with Gasteiger partial charge in [-0.25, -0.2) is 0 Å². The molecule has 2 aromatic carbocycles. The topological polar surface area (TPSA) is 122 Å². The molecule has 8 heteroatoms. The van der Waals surface area contributed by atoms with E-state index >= 15 is 0 Å². The van der Waals surface area contributed by atoms with Crippen LogP contribution in [0.1, 0.15) is 29.2 Å². The Hall–Kier alpha value is -2.88. The second-order valence-electron chi connectivity index (χ2n) is 10.2. The molecule has 0 bridgehead atoms. The van der Waals surface area contributed by atoms with Gasteiger partial charge in [-0.1, -0.05) is 30.8 Å². The Kier molecular flexibility index (Phi) is 11.6. The van der Waals surface area contributed by atoms with E-state index in [4.69, 9.17) is 11.5 Å². The van der Waals surface area contributed by atoms with Crippen molar-refractivity contribution in [2.75, 3.05) is 58.9 Å². The lowest BCUT2D eigenvalue weighted by molar-refractivity contribution is 0.207. The Morgan fingerprint density at radius 2 is 1.21 bits per heavy atom. The smallest absolute Gasteiger partial charge is 0.120 e. The van der Waals surface area contributed by atoms with Gasteiger partial charge in [-0.05, 0) is 67.8 Å². The maximum Gasteiger partial charge on any atom is 0.120 e. The maximum atomic E-state index is 10.6. The van der Waals surface area contributed by atoms with Crippen LogP contribution in [0.25, 0.3) is 0 Å². The number of phenols is 2. The Bertz CT molecular complexity index is 1020. The van der Waals surface area contributed by atoms with E-state index in [1.165, 1.54) is 6.08 Å². The SMILES string of the molecule is C=C/C(O)=C(\C)CN1CCN(Cc2cc(CCN)ccc2O)CCN(Cc2cc(CCN)ccc2O)CC1. The van der Waals surface area contributed by atoms with Gasteiger partial charge in [0, 0.05) is 70.0 Å². The molecule has 3 rings (SSSR count). The van der Waals surface area contributed by atoms with Crippen LogP contribution in [0, 0.1) is 0 Å². The fourth-order valence-electron chi connectivity index (χ4n) is 4.91. The molecule has 208 valence electrons. The monoisotopic (exact) mass is 523 g/mol. The number of hydrogen-bond acceptors (Lipinski definition) is 8. The van der Waals surface area contributed by atoms with Crippen LogP contribution in [0.2, 0.25) is 0 Å². The van der Waals surface area contributed by atoms with E-state index in [1.807, 2.05) is 19.1 Å². The highest BCUT2D eigenvalue weighted by Gasteiger charge is 2.19. The van der Waals surface area contributed by atoms with Gasteiger partial charge in [-0.3, -0.25) is 14.7 Å². The molecular formula is C30H45N5O3. The minimum atomic E-state index is 0.224. The van der Waals surface area contributed by atoms with E-state index in [0.717, 1.165) is 79.9 Å². The predicted octanol–water partition coefficient (Wildman–Crippen LogP) is 2.74. The van der Waals surface area contributed by atoms with Crippen LogP contribution in [-0.2, 0) is 25.9 Å². The third kappa shape index (κ3) is 8.85. The van der Waals surface area contributed by atoms with Crippen molar-refractivity contribution >= 4 is 0 Å². The first kappa shape index (κ1) is 29.7. The quantitative estimate of drug-likeness (QED) is 0.225. The van der Waals surface area contributed by atoms with E-state index in [0.29, 0.717) is 44.2 Å². The van der Waals surface area contributed by atoms with Gasteiger partial charge in [-0.15, -0.1) is 0 Å². The number of phenolic OH excluding ortho intramolecular Hbond substituents is 2. The number of aliphatic hydroxyl groups is 1. The molecule has 7 N–H and O–H groups in total. The molecule has 2 aromatic rings. The summed E-state index contributed by atoms with van der Waals surface area (Å²) in [6.07, 6.45) is 3.04. The van der Waals surface area contributed by atoms with Gasteiger partial charge in [0.05, 0.1) is 0 Å². The Morgan fingerprint density at radius 3 is 1.61 bits per heavy atom. The normalized spacial score (nSPS) is 16.9. The standard InChI is InChI=1S/C30H45N5O3/c1-3-28(36)23(2)20-33-12-14-34(21-26-18-24(8-10-31)4-6-29(26)37)16-17-35(15-13-33)22-27-19-25(9-11-32)5-7-30(27)38/h3-7,18-19,36-38H,1,8-17,20-22,31-32H2,2H3/b28-23-. The zero-order valence-corrected chi connectivity index (χ0v) is 22.8. The molecular weight excluding hydrogens is 478 g/mol. The number of aliphatic hydroxyl groups excluding tert-OH is 1. The summed E-state index contributed by atoms with van der Waals surface area (Å²) in [5.41, 5.74) is 16.5. The van der Waals surface area contributed by atoms with Crippen LogP contribution in [0.3, 0.4) is 0 Å². The van der Waals surface area contributed by atoms with Crippen molar-refractivity contribution in [3.05, 3.63) is 82.6 Å². The average Bonchev–Trinajstić information content (AvgIpc) is 2.99. The summed E-state index contributed by atoms with van der Waals surface area (Å²) in [7, 11) is 0. The molecule has 1 aliphatic heterocycles. The maximum absolute atomic E-state index is 10.6. The summed E-state index contributed by atoms with van der Waals surface area (Å²) in [6, 6.07) is 11.5. The van der Waals surface area contributed by atoms with Crippen LogP contribution in [0.4, 0.5) is 0 Å². The van der Waals surface area contributed by atoms with Crippen LogP contribution in [0.15, 0.2) is 60.4 Å². The number of nitrogens with two attached hydrogens (primary N) is 2. The van der Waals surface area contributed by atoms with E-state index in [-0.39, 0.29) is 5.76 Å². The Labute approximate surface area is 227 Å². The number of rotatable bonds is 11. The van der Waals surface area contributed by atoms with Crippen molar-refractivity contribution in [2.45, 2.75) is 32.9 Å². The van der Waals surface area contributed by atoms with Gasteiger partial charge in [0.15, 0.2) is 0 Å². The van der Waals surface area contributed by atoms with Crippen molar-refractivity contribution in [2.24, 2.45) is 11.5 Å². The Balaban J connectivity index is 1.81. The molecule has 1 aliphatic rings. The number of aromatic hydroxyl groups is 2. The van der Waals surface area contributed by atoms with Crippen LogP contribution < -0.4 is 11.5 Å². The van der Waals surface area contributed by atoms with Crippen molar-refractivity contribution in [1.82, 2.24) is 14.7 Å². The summed E-state index contributed by atoms with van der Waals surface area (Å²) >= 11 is 0. The molecule has 1 saturated heterocycles. The summed E-state index contributed by atoms with van der Waals surface area (Å²) in [4.78, 5) is 7.07. The lowest BCUT2D eigenvalue weighted by atomic mass is 10.1. The van der Waals surface area contributed by atoms with E-state index in [1.54, 1.807) is 12.1 Å². The molecule has 0 unspecified atom stereocenters. The van der Waals surface area contributed by atoms with Gasteiger partial charge < -0.3 is 26.8 Å². The molecule has 0 amide bonds. The van der Waals surface area contributed by atoms with E-state index in [2.05, 4.69) is 33.4 Å². The average molecular weight is 524 g/mol. The molecule has 8 nitrogen and oxygen atoms in total. The molecule has 0 radical (unpaired) electrons. The summed E-state index contributed by atoms with van der Waals surface area (Å²) < 4.78 is 0. The van der Waals surface area contributed by atoms with Crippen LogP contribution in [0.5, 0.6) is 11.5 Å². The van der Waals surface area contributed by atoms with Crippen molar-refractivity contribution in [3.63, 3.8) is 0 Å². The number of benzene rings is 2. The third-order valence-electron chi connectivity index (χ3n) is 7.23. The summed E-state index contributed by atoms with van der Waals surface area (Å²) in [5.74, 6) is 0.827. The van der Waals surface area contributed by atoms with E-state index < -0.39 is 0 Å². The molecule has 38 heavy (non-hydrogen) atoms. The molecule has 0 aliphatic carbocycles. The number of nitrogens with zero attached hydrogens (tertiary/aromatic N) is 3. The fourth-order valence-corrected chi connectivity index (χ4v) is 4.91. The van der Waals surface area contributed by atoms with Crippen LogP contribution >= 0.6 is 0 Å². The van der Waals surface area contributed by atoms with Gasteiger partial charge in [0.1, 0.15) is 17.3 Å². The molecule has 1 heterocycles. The zero-order valence-electron chi connectivity index (χ0n) is 22.8. The minimum Gasteiger partial charge on any atom is -0.508 e. The second-order valence-corrected chi connectivity index (χ2v) is 10.2. The van der Waals surface area contributed by atoms with Gasteiger partial charge in [0.2, 0.25) is 0 Å². The van der Waals surface area contributed by atoms with Crippen molar-refractivity contribution < 1.29 is 15.3 Å². The van der Waals surface area contributed by atoms with Crippen LogP contribution in [-0.4, -0.2) is 88.9 Å². The Morgan fingerprint density at radius 1 is 0.789 bits per heavy atom. The van der Waals surface area contributed by atoms with E-state index in [9.17, 15) is 15.3 Å². The predicted molar refractivity (Wildman–Crippen MR) is 154 cm³/mol.